The number of aromatic nitrogens is 2. The molecule has 0 fully saturated rings. The molecule has 0 atom stereocenters. The van der Waals surface area contributed by atoms with Crippen molar-refractivity contribution in [3.63, 3.8) is 0 Å². The minimum Gasteiger partial charge on any atom is -0.494 e. The van der Waals surface area contributed by atoms with E-state index in [1.54, 1.807) is 48.5 Å². The van der Waals surface area contributed by atoms with E-state index in [0.717, 1.165) is 16.0 Å². The average molecular weight is 431 g/mol. The average Bonchev–Trinajstić information content (AvgIpc) is 2.81. The lowest BCUT2D eigenvalue weighted by Crippen LogP contribution is -2.31. The molecule has 2 aromatic carbocycles. The number of hydrogen-bond donors (Lipinski definition) is 1. The number of nitriles is 1. The zero-order chi connectivity index (χ0) is 23.1. The molecule has 32 heavy (non-hydrogen) atoms. The van der Waals surface area contributed by atoms with Crippen LogP contribution in [0.4, 0.5) is 0 Å². The molecular weight excluding hydrogens is 410 g/mol. The Hall–Kier alpha value is -4.45. The predicted octanol–water partition coefficient (Wildman–Crippen LogP) is 2.58. The molecule has 0 unspecified atom stereocenters. The normalized spacial score (nSPS) is 10.6. The Morgan fingerprint density at radius 1 is 1.25 bits per heavy atom. The number of hydrazone groups is 1. The summed E-state index contributed by atoms with van der Waals surface area (Å²) in [6, 6.07) is 15.7. The van der Waals surface area contributed by atoms with Gasteiger partial charge in [-0.3, -0.25) is 9.59 Å². The van der Waals surface area contributed by atoms with Crippen molar-refractivity contribution in [1.29, 1.82) is 5.26 Å². The first-order valence-corrected chi connectivity index (χ1v) is 9.73. The maximum atomic E-state index is 12.8. The summed E-state index contributed by atoms with van der Waals surface area (Å²) in [5.74, 6) is 0.440. The van der Waals surface area contributed by atoms with Gasteiger partial charge in [-0.25, -0.2) is 5.43 Å². The minimum absolute atomic E-state index is 0.101. The lowest BCUT2D eigenvalue weighted by molar-refractivity contribution is 0.0947. The fourth-order valence-corrected chi connectivity index (χ4v) is 2.96. The Morgan fingerprint density at radius 2 is 1.97 bits per heavy atom. The molecule has 9 nitrogen and oxygen atoms in total. The number of methoxy groups -OCH3 is 1. The largest absolute Gasteiger partial charge is 0.494 e. The van der Waals surface area contributed by atoms with Crippen LogP contribution in [0.25, 0.3) is 5.69 Å². The molecule has 0 spiro atoms. The summed E-state index contributed by atoms with van der Waals surface area (Å²) in [5, 5.41) is 17.6. The van der Waals surface area contributed by atoms with Gasteiger partial charge in [0.15, 0.2) is 5.69 Å². The number of ether oxygens (including phenoxy) is 2. The molecule has 3 rings (SSSR count). The molecule has 1 aromatic heterocycles. The molecule has 0 radical (unpaired) electrons. The number of hydrogen-bond acceptors (Lipinski definition) is 7. The van der Waals surface area contributed by atoms with Gasteiger partial charge in [0.2, 0.25) is 0 Å². The fraction of sp³-hybridized carbons (Fsp3) is 0.174. The molecular formula is C23H21N5O4. The summed E-state index contributed by atoms with van der Waals surface area (Å²) in [7, 11) is 1.45. The number of rotatable bonds is 7. The first-order chi connectivity index (χ1) is 15.5. The summed E-state index contributed by atoms with van der Waals surface area (Å²) in [4.78, 5) is 25.5. The van der Waals surface area contributed by atoms with Gasteiger partial charge >= 0.3 is 0 Å². The zero-order valence-electron chi connectivity index (χ0n) is 17.8. The van der Waals surface area contributed by atoms with Crippen molar-refractivity contribution in [3.05, 3.63) is 81.3 Å². The van der Waals surface area contributed by atoms with E-state index in [4.69, 9.17) is 9.47 Å². The van der Waals surface area contributed by atoms with Crippen LogP contribution >= 0.6 is 0 Å². The molecule has 1 heterocycles. The van der Waals surface area contributed by atoms with Gasteiger partial charge in [-0.05, 0) is 55.8 Å². The Bertz CT molecular complexity index is 1260. The number of carbonyl (C=O) groups is 1. The molecule has 0 bridgehead atoms. The van der Waals surface area contributed by atoms with E-state index in [1.165, 1.54) is 20.2 Å². The van der Waals surface area contributed by atoms with Crippen molar-refractivity contribution < 1.29 is 14.3 Å². The molecule has 0 saturated heterocycles. The lowest BCUT2D eigenvalue weighted by Gasteiger charge is -2.13. The van der Waals surface area contributed by atoms with E-state index in [0.29, 0.717) is 18.0 Å². The van der Waals surface area contributed by atoms with Crippen LogP contribution in [0, 0.1) is 18.3 Å². The number of nitrogens with one attached hydrogen (secondary N) is 1. The second-order valence-corrected chi connectivity index (χ2v) is 6.55. The maximum absolute atomic E-state index is 12.8. The predicted molar refractivity (Wildman–Crippen MR) is 119 cm³/mol. The van der Waals surface area contributed by atoms with Gasteiger partial charge in [0, 0.05) is 5.56 Å². The highest BCUT2D eigenvalue weighted by Crippen LogP contribution is 2.21. The van der Waals surface area contributed by atoms with Crippen molar-refractivity contribution in [3.8, 4) is 23.3 Å². The summed E-state index contributed by atoms with van der Waals surface area (Å²) < 4.78 is 11.6. The van der Waals surface area contributed by atoms with Gasteiger partial charge in [-0.2, -0.15) is 20.1 Å². The van der Waals surface area contributed by atoms with Gasteiger partial charge in [-0.1, -0.05) is 12.1 Å². The van der Waals surface area contributed by atoms with Crippen molar-refractivity contribution in [2.45, 2.75) is 13.8 Å². The smallest absolute Gasteiger partial charge is 0.292 e. The third-order valence-corrected chi connectivity index (χ3v) is 4.55. The van der Waals surface area contributed by atoms with E-state index in [2.05, 4.69) is 15.6 Å². The van der Waals surface area contributed by atoms with Crippen LogP contribution in [0.3, 0.4) is 0 Å². The molecule has 162 valence electrons. The molecule has 3 aromatic rings. The molecule has 0 saturated carbocycles. The van der Waals surface area contributed by atoms with Crippen LogP contribution in [0.1, 0.15) is 34.1 Å². The van der Waals surface area contributed by atoms with Gasteiger partial charge in [0.25, 0.3) is 11.5 Å². The standard InChI is InChI=1S/C23H21N5O4/c1-4-32-17-11-9-16(10-12-17)14-25-26-22(29)21-15(2)18(13-24)23(30)28(27-21)19-7-5-6-8-20(19)31-3/h5-12,14H,4H2,1-3H3,(H,26,29)/b25-14+. The second kappa shape index (κ2) is 10.0. The number of benzene rings is 2. The number of nitrogens with zero attached hydrogens (tertiary/aromatic N) is 4. The third kappa shape index (κ3) is 4.65. The van der Waals surface area contributed by atoms with Gasteiger partial charge in [-0.15, -0.1) is 0 Å². The van der Waals surface area contributed by atoms with Gasteiger partial charge < -0.3 is 9.47 Å². The summed E-state index contributed by atoms with van der Waals surface area (Å²) in [6.45, 7) is 3.96. The monoisotopic (exact) mass is 431 g/mol. The van der Waals surface area contributed by atoms with Crippen molar-refractivity contribution in [2.75, 3.05) is 13.7 Å². The number of carbonyl (C=O) groups excluding carboxylic acids is 1. The van der Waals surface area contributed by atoms with E-state index < -0.39 is 11.5 Å². The quantitative estimate of drug-likeness (QED) is 0.454. The molecule has 1 amide bonds. The SMILES string of the molecule is CCOc1ccc(/C=N/NC(=O)c2nn(-c3ccccc3OC)c(=O)c(C#N)c2C)cc1. The topological polar surface area (TPSA) is 119 Å². The van der Waals surface area contributed by atoms with Crippen molar-refractivity contribution in [2.24, 2.45) is 5.10 Å². The van der Waals surface area contributed by atoms with E-state index in [9.17, 15) is 14.9 Å². The van der Waals surface area contributed by atoms with Crippen molar-refractivity contribution in [1.82, 2.24) is 15.2 Å². The third-order valence-electron chi connectivity index (χ3n) is 4.55. The van der Waals surface area contributed by atoms with E-state index in [1.807, 2.05) is 13.0 Å². The highest BCUT2D eigenvalue weighted by Gasteiger charge is 2.21. The van der Waals surface area contributed by atoms with Crippen molar-refractivity contribution >= 4 is 12.1 Å². The lowest BCUT2D eigenvalue weighted by atomic mass is 10.1. The fourth-order valence-electron chi connectivity index (χ4n) is 2.96. The number of amides is 1. The molecule has 0 aliphatic rings. The van der Waals surface area contributed by atoms with Gasteiger partial charge in [0.05, 0.1) is 19.9 Å². The Kier molecular flexibility index (Phi) is 6.98. The molecule has 0 aliphatic carbocycles. The van der Waals surface area contributed by atoms with E-state index in [-0.39, 0.29) is 16.8 Å². The van der Waals surface area contributed by atoms with E-state index >= 15 is 0 Å². The molecule has 1 N–H and O–H groups in total. The second-order valence-electron chi connectivity index (χ2n) is 6.55. The number of para-hydroxylation sites is 2. The van der Waals surface area contributed by atoms with Gasteiger partial charge in [0.1, 0.15) is 28.8 Å². The summed E-state index contributed by atoms with van der Waals surface area (Å²) in [5.41, 5.74) is 2.67. The minimum atomic E-state index is -0.662. The summed E-state index contributed by atoms with van der Waals surface area (Å²) in [6.07, 6.45) is 1.46. The van der Waals surface area contributed by atoms with Crippen LogP contribution in [-0.4, -0.2) is 35.6 Å². The first-order valence-electron chi connectivity index (χ1n) is 9.73. The highest BCUT2D eigenvalue weighted by atomic mass is 16.5. The van der Waals surface area contributed by atoms with Crippen LogP contribution in [0.15, 0.2) is 58.4 Å². The van der Waals surface area contributed by atoms with Crippen LogP contribution in [0.2, 0.25) is 0 Å². The molecule has 0 aliphatic heterocycles. The van der Waals surface area contributed by atoms with Crippen LogP contribution < -0.4 is 20.5 Å². The van der Waals surface area contributed by atoms with Crippen LogP contribution in [0.5, 0.6) is 11.5 Å². The Morgan fingerprint density at radius 3 is 2.62 bits per heavy atom. The summed E-state index contributed by atoms with van der Waals surface area (Å²) >= 11 is 0. The Labute approximate surface area is 184 Å². The zero-order valence-corrected chi connectivity index (χ0v) is 17.8. The maximum Gasteiger partial charge on any atom is 0.292 e. The van der Waals surface area contributed by atoms with Crippen LogP contribution in [-0.2, 0) is 0 Å². The first kappa shape index (κ1) is 22.2. The molecule has 9 heteroatoms. The Balaban J connectivity index is 1.92. The highest BCUT2D eigenvalue weighted by molar-refractivity contribution is 5.94.